The molecule has 0 bridgehead atoms. The van der Waals surface area contributed by atoms with E-state index < -0.39 is 24.0 Å². The van der Waals surface area contributed by atoms with E-state index in [0.29, 0.717) is 4.57 Å². The molecule has 0 aliphatic carbocycles. The predicted octanol–water partition coefficient (Wildman–Crippen LogP) is -1.75. The van der Waals surface area contributed by atoms with Gasteiger partial charge >= 0.3 is 11.4 Å². The molecule has 2 heterocycles. The van der Waals surface area contributed by atoms with Gasteiger partial charge in [-0.25, -0.2) is 9.59 Å². The van der Waals surface area contributed by atoms with Crippen LogP contribution < -0.4 is 16.9 Å². The average Bonchev–Trinajstić information content (AvgIpc) is 2.43. The van der Waals surface area contributed by atoms with Crippen molar-refractivity contribution in [1.82, 2.24) is 19.1 Å². The van der Waals surface area contributed by atoms with Crippen molar-refractivity contribution in [3.05, 3.63) is 31.3 Å². The average molecular weight is 197 g/mol. The van der Waals surface area contributed by atoms with E-state index in [1.807, 2.05) is 0 Å². The molecule has 2 N–H and O–H groups in total. The van der Waals surface area contributed by atoms with Gasteiger partial charge in [0.25, 0.3) is 5.56 Å². The third kappa shape index (κ3) is 0.889. The Hall–Kier alpha value is -2.05. The molecule has 2 rings (SSSR count). The van der Waals surface area contributed by atoms with Crippen molar-refractivity contribution in [3.63, 3.8) is 0 Å². The highest BCUT2D eigenvalue weighted by Crippen LogP contribution is 1.94. The minimum atomic E-state index is -0.704. The topological polar surface area (TPSA) is 92.7 Å². The molecule has 2 aromatic rings. The Labute approximate surface area is 78.0 Å². The van der Waals surface area contributed by atoms with Crippen LogP contribution in [0.1, 0.15) is 1.37 Å². The van der Waals surface area contributed by atoms with Gasteiger partial charge in [-0.1, -0.05) is 0 Å². The Morgan fingerprint density at radius 1 is 1.14 bits per heavy atom. The zero-order valence-corrected chi connectivity index (χ0v) is 7.33. The molecule has 7 heteroatoms. The normalized spacial score (nSPS) is 11.9. The monoisotopic (exact) mass is 197 g/mol. The molecule has 14 heavy (non-hydrogen) atoms. The smallest absolute Gasteiger partial charge is 0.291 e. The van der Waals surface area contributed by atoms with Crippen LogP contribution in [0.3, 0.4) is 0 Å². The quantitative estimate of drug-likeness (QED) is 0.524. The van der Waals surface area contributed by atoms with Crippen LogP contribution >= 0.6 is 0 Å². The molecule has 0 unspecified atom stereocenters. The van der Waals surface area contributed by atoms with Crippen LogP contribution in [0.4, 0.5) is 0 Å². The van der Waals surface area contributed by atoms with Gasteiger partial charge in [0.15, 0.2) is 5.52 Å². The molecule has 0 radical (unpaired) electrons. The molecule has 0 fully saturated rings. The van der Waals surface area contributed by atoms with Gasteiger partial charge in [0, 0.05) is 15.4 Å². The van der Waals surface area contributed by atoms with E-state index in [9.17, 15) is 14.4 Å². The third-order valence-electron chi connectivity index (χ3n) is 2.03. The molecule has 0 amide bonds. The molecule has 2 aromatic heterocycles. The zero-order valence-electron chi connectivity index (χ0n) is 8.33. The van der Waals surface area contributed by atoms with Crippen molar-refractivity contribution in [2.75, 3.05) is 0 Å². The van der Waals surface area contributed by atoms with Crippen molar-refractivity contribution in [3.8, 4) is 0 Å². The molecule has 74 valence electrons. The molecule has 0 saturated heterocycles. The van der Waals surface area contributed by atoms with Crippen LogP contribution in [-0.4, -0.2) is 19.1 Å². The summed E-state index contributed by atoms with van der Waals surface area (Å²) in [6.45, 7) is 0. The number of aryl methyl sites for hydroxylation is 1. The number of nitrogens with one attached hydrogen (secondary N) is 2. The van der Waals surface area contributed by atoms with Crippen molar-refractivity contribution in [2.45, 2.75) is 0 Å². The number of H-pyrrole nitrogens is 2. The van der Waals surface area contributed by atoms with Crippen LogP contribution in [0.2, 0.25) is 0 Å². The lowest BCUT2D eigenvalue weighted by Gasteiger charge is -1.96. The summed E-state index contributed by atoms with van der Waals surface area (Å²) in [6, 6.07) is 0. The van der Waals surface area contributed by atoms with Crippen LogP contribution in [0.5, 0.6) is 0 Å². The third-order valence-corrected chi connectivity index (χ3v) is 2.03. The molecular formula is C7H8N4O3. The van der Waals surface area contributed by atoms with Crippen molar-refractivity contribution >= 4 is 11.2 Å². The Morgan fingerprint density at radius 2 is 1.71 bits per heavy atom. The summed E-state index contributed by atoms with van der Waals surface area (Å²) in [5.41, 5.74) is -1.69. The standard InChI is InChI=1S/C7H8N4O3/c1-10-3-4(8-6(10)13)9-7(14)11(2)5(3)12/h1-2H3,(H,8,13)(H,9,14)/i2D. The molecule has 0 aromatic carbocycles. The maximum absolute atomic E-state index is 11.7. The fraction of sp³-hybridized carbons (Fsp3) is 0.286. The highest BCUT2D eigenvalue weighted by atomic mass is 16.2. The number of hydrogen-bond donors (Lipinski definition) is 2. The van der Waals surface area contributed by atoms with Crippen LogP contribution in [0.25, 0.3) is 11.2 Å². The lowest BCUT2D eigenvalue weighted by molar-refractivity contribution is 0.781. The van der Waals surface area contributed by atoms with Crippen LogP contribution in [0, 0.1) is 0 Å². The minimum Gasteiger partial charge on any atom is -0.291 e. The summed E-state index contributed by atoms with van der Waals surface area (Å²) >= 11 is 0. The highest BCUT2D eigenvalue weighted by molar-refractivity contribution is 5.68. The summed E-state index contributed by atoms with van der Waals surface area (Å²) in [5.74, 6) is 0. The first kappa shape index (κ1) is 7.36. The first-order valence-electron chi connectivity index (χ1n) is 4.48. The van der Waals surface area contributed by atoms with E-state index in [4.69, 9.17) is 1.37 Å². The molecule has 0 spiro atoms. The Balaban J connectivity index is 3.13. The number of rotatable bonds is 0. The number of hydrogen-bond acceptors (Lipinski definition) is 3. The first-order chi connectivity index (χ1) is 7.06. The van der Waals surface area contributed by atoms with E-state index in [1.54, 1.807) is 0 Å². The van der Waals surface area contributed by atoms with E-state index in [1.165, 1.54) is 7.05 Å². The summed E-state index contributed by atoms with van der Waals surface area (Å²) in [5, 5.41) is 0. The molecule has 0 aliphatic rings. The molecule has 7 nitrogen and oxygen atoms in total. The summed E-state index contributed by atoms with van der Waals surface area (Å²) < 4.78 is 8.82. The lowest BCUT2D eigenvalue weighted by Crippen LogP contribution is -2.33. The van der Waals surface area contributed by atoms with Crippen LogP contribution in [-0.2, 0) is 14.1 Å². The van der Waals surface area contributed by atoms with Gasteiger partial charge < -0.3 is 0 Å². The van der Waals surface area contributed by atoms with Gasteiger partial charge in [-0.3, -0.25) is 23.9 Å². The largest absolute Gasteiger partial charge is 0.329 e. The van der Waals surface area contributed by atoms with Gasteiger partial charge in [-0.2, -0.15) is 0 Å². The number of imidazole rings is 1. The molecule has 0 atom stereocenters. The van der Waals surface area contributed by atoms with Gasteiger partial charge in [0.1, 0.15) is 5.65 Å². The Morgan fingerprint density at radius 3 is 2.29 bits per heavy atom. The van der Waals surface area contributed by atoms with E-state index in [-0.39, 0.29) is 11.2 Å². The molecule has 0 aliphatic heterocycles. The van der Waals surface area contributed by atoms with E-state index >= 15 is 0 Å². The summed E-state index contributed by atoms with van der Waals surface area (Å²) in [7, 11) is 0.929. The predicted molar refractivity (Wildman–Crippen MR) is 49.4 cm³/mol. The number of aromatic nitrogens is 4. The maximum Gasteiger partial charge on any atom is 0.329 e. The molecule has 0 saturated carbocycles. The fourth-order valence-corrected chi connectivity index (χ4v) is 1.25. The zero-order chi connectivity index (χ0) is 11.2. The number of aromatic amines is 2. The Kier molecular flexibility index (Phi) is 1.30. The Bertz CT molecular complexity index is 689. The van der Waals surface area contributed by atoms with Gasteiger partial charge in [0.2, 0.25) is 0 Å². The van der Waals surface area contributed by atoms with E-state index in [0.717, 1.165) is 4.57 Å². The van der Waals surface area contributed by atoms with Crippen molar-refractivity contribution in [2.24, 2.45) is 14.1 Å². The number of nitrogens with zero attached hydrogens (tertiary/aromatic N) is 2. The maximum atomic E-state index is 11.7. The second kappa shape index (κ2) is 2.47. The molecular weight excluding hydrogens is 188 g/mol. The highest BCUT2D eigenvalue weighted by Gasteiger charge is 2.10. The van der Waals surface area contributed by atoms with Crippen LogP contribution in [0.15, 0.2) is 14.4 Å². The van der Waals surface area contributed by atoms with Gasteiger partial charge in [0.05, 0.1) is 0 Å². The summed E-state index contributed by atoms with van der Waals surface area (Å²) in [4.78, 5) is 38.8. The second-order valence-electron chi connectivity index (χ2n) is 2.88. The SMILES string of the molecule is [2H]Cn1c(=O)[nH]c2[nH]c(=O)n(C)c2c1=O. The first-order valence-corrected chi connectivity index (χ1v) is 3.77. The lowest BCUT2D eigenvalue weighted by atomic mass is 10.5. The second-order valence-corrected chi connectivity index (χ2v) is 2.88. The van der Waals surface area contributed by atoms with Gasteiger partial charge in [-0.05, 0) is 0 Å². The van der Waals surface area contributed by atoms with E-state index in [2.05, 4.69) is 9.97 Å². The fourth-order valence-electron chi connectivity index (χ4n) is 1.25. The van der Waals surface area contributed by atoms with Gasteiger partial charge in [-0.15, -0.1) is 0 Å². The van der Waals surface area contributed by atoms with Crippen molar-refractivity contribution < 1.29 is 1.37 Å². The van der Waals surface area contributed by atoms with Crippen molar-refractivity contribution in [1.29, 1.82) is 0 Å². The number of fused-ring (bicyclic) bond motifs is 1. The minimum absolute atomic E-state index is 0.0619. The summed E-state index contributed by atoms with van der Waals surface area (Å²) in [6.07, 6.45) is 0.